The Morgan fingerprint density at radius 1 is 0.581 bits per heavy atom. The van der Waals surface area contributed by atoms with Crippen LogP contribution in [-0.4, -0.2) is 17.3 Å². The first-order valence-corrected chi connectivity index (χ1v) is 16.2. The van der Waals surface area contributed by atoms with Gasteiger partial charge in [0.05, 0.1) is 0 Å². The third kappa shape index (κ3) is 20.3. The lowest BCUT2D eigenvalue weighted by Gasteiger charge is -2.21. The Balaban J connectivity index is 0.000000528. The van der Waals surface area contributed by atoms with Crippen molar-refractivity contribution in [2.45, 2.75) is 125 Å². The van der Waals surface area contributed by atoms with Gasteiger partial charge in [0.25, 0.3) is 0 Å². The molecule has 3 nitrogen and oxygen atoms in total. The molecule has 0 unspecified atom stereocenters. The normalized spacial score (nSPS) is 12.3. The topological polar surface area (TPSA) is 51.2 Å². The number of rotatable bonds is 6. The summed E-state index contributed by atoms with van der Waals surface area (Å²) in [5.41, 5.74) is 4.02. The second-order valence-corrected chi connectivity index (χ2v) is 11.8. The molecular formula is C40H58O3. The Labute approximate surface area is 263 Å². The van der Waals surface area contributed by atoms with E-state index in [1.807, 2.05) is 58.0 Å². The summed E-state index contributed by atoms with van der Waals surface area (Å²) in [5, 5.41) is 0. The molecule has 1 aliphatic carbocycles. The highest BCUT2D eigenvalue weighted by Crippen LogP contribution is 2.32. The smallest absolute Gasteiger partial charge is 0.159 e. The summed E-state index contributed by atoms with van der Waals surface area (Å²) in [6, 6.07) is 30.7. The average molecular weight is 587 g/mol. The summed E-state index contributed by atoms with van der Waals surface area (Å²) in [6.07, 6.45) is 9.89. The van der Waals surface area contributed by atoms with Crippen molar-refractivity contribution in [3.8, 4) is 0 Å². The van der Waals surface area contributed by atoms with Crippen LogP contribution < -0.4 is 0 Å². The SMILES string of the molecule is CC(=O)c1ccccc1.CC(C)(C)c1ccccc1.CCC(=O)CC.CCC(=O)CC.c1ccc(C2CCCCC2)cc1. The molecule has 0 aliphatic heterocycles. The molecule has 43 heavy (non-hydrogen) atoms. The predicted octanol–water partition coefficient (Wildman–Crippen LogP) is 11.4. The Kier molecular flexibility index (Phi) is 22.3. The minimum Gasteiger partial charge on any atom is -0.300 e. The maximum Gasteiger partial charge on any atom is 0.159 e. The first-order chi connectivity index (χ1) is 20.5. The average Bonchev–Trinajstić information content (AvgIpc) is 3.06. The summed E-state index contributed by atoms with van der Waals surface area (Å²) in [4.78, 5) is 31.0. The molecule has 0 radical (unpaired) electrons. The number of hydrogen-bond donors (Lipinski definition) is 0. The summed E-state index contributed by atoms with van der Waals surface area (Å²) >= 11 is 0. The van der Waals surface area contributed by atoms with Crippen LogP contribution in [0.15, 0.2) is 91.0 Å². The molecule has 1 saturated carbocycles. The van der Waals surface area contributed by atoms with Crippen LogP contribution in [0.25, 0.3) is 0 Å². The molecule has 0 saturated heterocycles. The molecule has 0 aromatic heterocycles. The van der Waals surface area contributed by atoms with Gasteiger partial charge < -0.3 is 0 Å². The number of benzene rings is 3. The first-order valence-electron chi connectivity index (χ1n) is 16.2. The van der Waals surface area contributed by atoms with Crippen molar-refractivity contribution < 1.29 is 14.4 Å². The quantitative estimate of drug-likeness (QED) is 0.270. The number of carbonyl (C=O) groups is 3. The van der Waals surface area contributed by atoms with Crippen LogP contribution in [0.4, 0.5) is 0 Å². The van der Waals surface area contributed by atoms with Crippen LogP contribution in [0.1, 0.15) is 141 Å². The van der Waals surface area contributed by atoms with Gasteiger partial charge in [0, 0.05) is 31.2 Å². The Morgan fingerprint density at radius 2 is 0.953 bits per heavy atom. The third-order valence-electron chi connectivity index (χ3n) is 7.27. The highest BCUT2D eigenvalue weighted by Gasteiger charge is 2.14. The molecule has 0 amide bonds. The molecule has 3 aromatic rings. The maximum absolute atomic E-state index is 10.6. The summed E-state index contributed by atoms with van der Waals surface area (Å²) in [6.45, 7) is 15.8. The van der Waals surface area contributed by atoms with E-state index in [1.54, 1.807) is 12.5 Å². The lowest BCUT2D eigenvalue weighted by molar-refractivity contribution is -0.119. The fraction of sp³-hybridized carbons (Fsp3) is 0.475. The molecule has 1 fully saturated rings. The first kappa shape index (κ1) is 39.7. The van der Waals surface area contributed by atoms with Gasteiger partial charge in [-0.05, 0) is 42.2 Å². The molecular weight excluding hydrogens is 528 g/mol. The van der Waals surface area contributed by atoms with E-state index in [2.05, 4.69) is 81.4 Å². The lowest BCUT2D eigenvalue weighted by Crippen LogP contribution is -2.10. The van der Waals surface area contributed by atoms with Crippen molar-refractivity contribution in [2.24, 2.45) is 0 Å². The molecule has 4 rings (SSSR count). The van der Waals surface area contributed by atoms with Gasteiger partial charge in [0.1, 0.15) is 11.6 Å². The predicted molar refractivity (Wildman–Crippen MR) is 185 cm³/mol. The lowest BCUT2D eigenvalue weighted by atomic mass is 9.84. The van der Waals surface area contributed by atoms with Crippen molar-refractivity contribution in [3.63, 3.8) is 0 Å². The fourth-order valence-electron chi connectivity index (χ4n) is 4.27. The van der Waals surface area contributed by atoms with E-state index in [9.17, 15) is 14.4 Å². The minimum atomic E-state index is 0.121. The molecule has 0 heterocycles. The van der Waals surface area contributed by atoms with Gasteiger partial charge in [-0.15, -0.1) is 0 Å². The monoisotopic (exact) mass is 586 g/mol. The number of ketones is 3. The van der Waals surface area contributed by atoms with Crippen molar-refractivity contribution >= 4 is 17.3 Å². The van der Waals surface area contributed by atoms with E-state index in [4.69, 9.17) is 0 Å². The zero-order chi connectivity index (χ0) is 32.5. The number of hydrogen-bond acceptors (Lipinski definition) is 3. The van der Waals surface area contributed by atoms with E-state index < -0.39 is 0 Å². The molecule has 0 bridgehead atoms. The second kappa shape index (κ2) is 24.1. The van der Waals surface area contributed by atoms with E-state index in [1.165, 1.54) is 37.7 Å². The van der Waals surface area contributed by atoms with Crippen LogP contribution in [0.2, 0.25) is 0 Å². The molecule has 3 aromatic carbocycles. The van der Waals surface area contributed by atoms with Gasteiger partial charge in [0.15, 0.2) is 5.78 Å². The molecule has 3 heteroatoms. The molecule has 0 atom stereocenters. The molecule has 0 N–H and O–H groups in total. The third-order valence-corrected chi connectivity index (χ3v) is 7.27. The number of Topliss-reactive ketones (excluding diaryl/α,β-unsaturated/α-hetero) is 3. The van der Waals surface area contributed by atoms with Crippen LogP contribution in [0.5, 0.6) is 0 Å². The summed E-state index contributed by atoms with van der Waals surface area (Å²) in [7, 11) is 0. The van der Waals surface area contributed by atoms with Gasteiger partial charge in [-0.25, -0.2) is 0 Å². The van der Waals surface area contributed by atoms with Crippen molar-refractivity contribution in [2.75, 3.05) is 0 Å². The van der Waals surface area contributed by atoms with E-state index in [-0.39, 0.29) is 5.78 Å². The second-order valence-electron chi connectivity index (χ2n) is 11.8. The Morgan fingerprint density at radius 3 is 1.23 bits per heavy atom. The highest BCUT2D eigenvalue weighted by molar-refractivity contribution is 5.93. The van der Waals surface area contributed by atoms with Gasteiger partial charge in [-0.3, -0.25) is 14.4 Å². The van der Waals surface area contributed by atoms with Gasteiger partial charge in [0.2, 0.25) is 0 Å². The zero-order valence-corrected chi connectivity index (χ0v) is 28.3. The fourth-order valence-corrected chi connectivity index (χ4v) is 4.27. The summed E-state index contributed by atoms with van der Waals surface area (Å²) < 4.78 is 0. The van der Waals surface area contributed by atoms with E-state index in [0.717, 1.165) is 11.5 Å². The standard InChI is InChI=1S/C12H16.C10H14.C8H8O.2C5H10O/c1-3-7-11(8-4-1)12-9-5-2-6-10-12;1-10(2,3)9-7-5-4-6-8-9;1-7(9)8-5-3-2-4-6-8;2*1-3-5(6)4-2/h1,3-4,7-8,12H,2,5-6,9-10H2;4-8H,1-3H3;2-6H,1H3;2*3-4H2,1-2H3. The van der Waals surface area contributed by atoms with Gasteiger partial charge >= 0.3 is 0 Å². The van der Waals surface area contributed by atoms with Crippen LogP contribution >= 0.6 is 0 Å². The molecule has 236 valence electrons. The Bertz CT molecular complexity index is 1080. The summed E-state index contributed by atoms with van der Waals surface area (Å²) in [5.74, 6) is 1.67. The van der Waals surface area contributed by atoms with Gasteiger partial charge in [-0.2, -0.15) is 0 Å². The largest absolute Gasteiger partial charge is 0.300 e. The van der Waals surface area contributed by atoms with Crippen LogP contribution in [0, 0.1) is 0 Å². The van der Waals surface area contributed by atoms with Crippen LogP contribution in [-0.2, 0) is 15.0 Å². The Hall–Kier alpha value is -3.33. The van der Waals surface area contributed by atoms with E-state index in [0.29, 0.717) is 42.7 Å². The minimum absolute atomic E-state index is 0.121. The van der Waals surface area contributed by atoms with Crippen molar-refractivity contribution in [1.29, 1.82) is 0 Å². The van der Waals surface area contributed by atoms with Crippen LogP contribution in [0.3, 0.4) is 0 Å². The van der Waals surface area contributed by atoms with Crippen molar-refractivity contribution in [1.82, 2.24) is 0 Å². The highest BCUT2D eigenvalue weighted by atomic mass is 16.1. The molecule has 0 spiro atoms. The molecule has 1 aliphatic rings. The zero-order valence-electron chi connectivity index (χ0n) is 28.3. The number of carbonyl (C=O) groups excluding carboxylic acids is 3. The van der Waals surface area contributed by atoms with E-state index >= 15 is 0 Å². The van der Waals surface area contributed by atoms with Crippen molar-refractivity contribution in [3.05, 3.63) is 108 Å². The maximum atomic E-state index is 10.6. The van der Waals surface area contributed by atoms with Gasteiger partial charge in [-0.1, -0.05) is 159 Å².